The Labute approximate surface area is 186 Å². The van der Waals surface area contributed by atoms with E-state index in [2.05, 4.69) is 25.5 Å². The number of aromatic hydroxyl groups is 1. The minimum atomic E-state index is 0.129. The Balaban J connectivity index is 1.31. The number of fused-ring (bicyclic) bond motifs is 3. The van der Waals surface area contributed by atoms with E-state index in [4.69, 9.17) is 9.47 Å². The van der Waals surface area contributed by atoms with Crippen LogP contribution in [0.5, 0.6) is 11.5 Å². The minimum absolute atomic E-state index is 0.129. The molecule has 9 nitrogen and oxygen atoms in total. The van der Waals surface area contributed by atoms with E-state index < -0.39 is 0 Å². The number of phenols is 1. The first-order valence-electron chi connectivity index (χ1n) is 11.2. The van der Waals surface area contributed by atoms with Crippen molar-refractivity contribution in [3.05, 3.63) is 42.7 Å². The predicted molar refractivity (Wildman–Crippen MR) is 118 cm³/mol. The molecule has 3 aliphatic heterocycles. The molecule has 6 rings (SSSR count). The molecule has 2 aromatic heterocycles. The van der Waals surface area contributed by atoms with Crippen LogP contribution in [0.1, 0.15) is 19.3 Å². The molecule has 166 valence electrons. The van der Waals surface area contributed by atoms with Gasteiger partial charge in [0.05, 0.1) is 25.5 Å². The van der Waals surface area contributed by atoms with Gasteiger partial charge in [-0.1, -0.05) is 0 Å². The van der Waals surface area contributed by atoms with Gasteiger partial charge in [0.2, 0.25) is 0 Å². The average molecular weight is 435 g/mol. The minimum Gasteiger partial charge on any atom is -0.507 e. The summed E-state index contributed by atoms with van der Waals surface area (Å²) in [5, 5.41) is 27.6. The first-order valence-corrected chi connectivity index (χ1v) is 11.2. The topological polar surface area (TPSA) is 97.6 Å². The Hall–Kier alpha value is -3.17. The molecule has 9 heteroatoms. The SMILES string of the molecule is Oc1cc(-n2cccn2)ccc1-c1cc2c(nn1)N(C1C[C@H]3COC[C@H](C1)N3)CCCO2. The molecule has 2 fully saturated rings. The van der Waals surface area contributed by atoms with Gasteiger partial charge in [-0.15, -0.1) is 10.2 Å². The molecule has 2 N–H and O–H groups in total. The van der Waals surface area contributed by atoms with Gasteiger partial charge in [0.1, 0.15) is 11.4 Å². The second-order valence-corrected chi connectivity index (χ2v) is 8.69. The second-order valence-electron chi connectivity index (χ2n) is 8.69. The van der Waals surface area contributed by atoms with Crippen LogP contribution in [-0.4, -0.2) is 69.6 Å². The monoisotopic (exact) mass is 434 g/mol. The number of nitrogens with zero attached hydrogens (tertiary/aromatic N) is 5. The lowest BCUT2D eigenvalue weighted by atomic mass is 9.91. The number of ether oxygens (including phenoxy) is 2. The molecular weight excluding hydrogens is 408 g/mol. The number of nitrogens with one attached hydrogen (secondary N) is 1. The van der Waals surface area contributed by atoms with Gasteiger partial charge in [-0.05, 0) is 37.5 Å². The van der Waals surface area contributed by atoms with Gasteiger partial charge in [0, 0.05) is 54.8 Å². The van der Waals surface area contributed by atoms with E-state index in [0.717, 1.165) is 56.3 Å². The van der Waals surface area contributed by atoms with Crippen molar-refractivity contribution in [2.75, 3.05) is 31.3 Å². The quantitative estimate of drug-likeness (QED) is 0.647. The molecule has 0 amide bonds. The smallest absolute Gasteiger partial charge is 0.194 e. The summed E-state index contributed by atoms with van der Waals surface area (Å²) >= 11 is 0. The molecule has 0 spiro atoms. The average Bonchev–Trinajstić information content (AvgIpc) is 3.26. The Morgan fingerprint density at radius 3 is 2.75 bits per heavy atom. The third-order valence-corrected chi connectivity index (χ3v) is 6.50. The number of morpholine rings is 1. The molecule has 3 aromatic rings. The van der Waals surface area contributed by atoms with Crippen molar-refractivity contribution in [3.8, 4) is 28.4 Å². The maximum absolute atomic E-state index is 10.7. The first kappa shape index (κ1) is 19.5. The van der Waals surface area contributed by atoms with Gasteiger partial charge in [0.15, 0.2) is 11.6 Å². The molecule has 0 saturated carbocycles. The summed E-state index contributed by atoms with van der Waals surface area (Å²) in [6.45, 7) is 3.07. The third-order valence-electron chi connectivity index (χ3n) is 6.50. The van der Waals surface area contributed by atoms with Crippen LogP contribution >= 0.6 is 0 Å². The van der Waals surface area contributed by atoms with Gasteiger partial charge in [-0.25, -0.2) is 4.68 Å². The van der Waals surface area contributed by atoms with Crippen LogP contribution in [0.25, 0.3) is 16.9 Å². The van der Waals surface area contributed by atoms with Crippen LogP contribution in [0, 0.1) is 0 Å². The van der Waals surface area contributed by atoms with Crippen molar-refractivity contribution in [2.45, 2.75) is 37.4 Å². The Kier molecular flexibility index (Phi) is 4.92. The zero-order chi connectivity index (χ0) is 21.5. The van der Waals surface area contributed by atoms with Crippen molar-refractivity contribution >= 4 is 5.82 Å². The maximum Gasteiger partial charge on any atom is 0.194 e. The van der Waals surface area contributed by atoms with Crippen LogP contribution in [0.4, 0.5) is 5.82 Å². The molecular formula is C23H26N6O3. The van der Waals surface area contributed by atoms with Crippen molar-refractivity contribution in [2.24, 2.45) is 0 Å². The Morgan fingerprint density at radius 1 is 1.09 bits per heavy atom. The van der Waals surface area contributed by atoms with Crippen molar-refractivity contribution < 1.29 is 14.6 Å². The number of benzene rings is 1. The lowest BCUT2D eigenvalue weighted by Gasteiger charge is -2.44. The van der Waals surface area contributed by atoms with Crippen LogP contribution in [0.3, 0.4) is 0 Å². The number of hydrogen-bond acceptors (Lipinski definition) is 8. The maximum atomic E-state index is 10.7. The molecule has 0 aliphatic carbocycles. The molecule has 3 aliphatic rings. The van der Waals surface area contributed by atoms with Gasteiger partial charge in [0.25, 0.3) is 0 Å². The number of phenolic OH excluding ortho intramolecular Hbond substituents is 1. The summed E-state index contributed by atoms with van der Waals surface area (Å²) < 4.78 is 13.5. The van der Waals surface area contributed by atoms with E-state index in [-0.39, 0.29) is 5.75 Å². The van der Waals surface area contributed by atoms with Crippen LogP contribution in [0.2, 0.25) is 0 Å². The van der Waals surface area contributed by atoms with E-state index >= 15 is 0 Å². The molecule has 32 heavy (non-hydrogen) atoms. The number of hydrogen-bond donors (Lipinski definition) is 2. The largest absolute Gasteiger partial charge is 0.507 e. The Bertz CT molecular complexity index is 1090. The fourth-order valence-electron chi connectivity index (χ4n) is 5.05. The van der Waals surface area contributed by atoms with E-state index in [1.165, 1.54) is 0 Å². The number of aromatic nitrogens is 4. The summed E-state index contributed by atoms with van der Waals surface area (Å²) in [6.07, 6.45) is 6.52. The Morgan fingerprint density at radius 2 is 1.97 bits per heavy atom. The van der Waals surface area contributed by atoms with Gasteiger partial charge in [-0.2, -0.15) is 5.10 Å². The van der Waals surface area contributed by atoms with Gasteiger partial charge in [-0.3, -0.25) is 0 Å². The van der Waals surface area contributed by atoms with E-state index in [1.807, 2.05) is 30.5 Å². The first-order chi connectivity index (χ1) is 15.7. The molecule has 0 unspecified atom stereocenters. The van der Waals surface area contributed by atoms with E-state index in [9.17, 15) is 5.11 Å². The third kappa shape index (κ3) is 3.57. The highest BCUT2D eigenvalue weighted by Gasteiger charge is 2.36. The normalized spacial score (nSPS) is 25.0. The fourth-order valence-corrected chi connectivity index (χ4v) is 5.05. The number of anilines is 1. The summed E-state index contributed by atoms with van der Waals surface area (Å²) in [4.78, 5) is 2.37. The van der Waals surface area contributed by atoms with E-state index in [1.54, 1.807) is 16.9 Å². The van der Waals surface area contributed by atoms with Crippen molar-refractivity contribution in [3.63, 3.8) is 0 Å². The highest BCUT2D eigenvalue weighted by atomic mass is 16.5. The second kappa shape index (κ2) is 8.07. The number of piperidine rings is 1. The summed E-state index contributed by atoms with van der Waals surface area (Å²) in [7, 11) is 0. The zero-order valence-corrected chi connectivity index (χ0v) is 17.7. The lowest BCUT2D eigenvalue weighted by Crippen LogP contribution is -2.59. The lowest BCUT2D eigenvalue weighted by molar-refractivity contribution is 0.0178. The van der Waals surface area contributed by atoms with Crippen molar-refractivity contribution in [1.29, 1.82) is 0 Å². The fraction of sp³-hybridized carbons (Fsp3) is 0.435. The molecule has 2 saturated heterocycles. The van der Waals surface area contributed by atoms with Gasteiger partial charge < -0.3 is 24.8 Å². The summed E-state index contributed by atoms with van der Waals surface area (Å²) in [5.74, 6) is 1.65. The molecule has 2 atom stereocenters. The van der Waals surface area contributed by atoms with Crippen LogP contribution in [0.15, 0.2) is 42.7 Å². The van der Waals surface area contributed by atoms with Crippen LogP contribution < -0.4 is 15.0 Å². The highest BCUT2D eigenvalue weighted by molar-refractivity contribution is 5.71. The van der Waals surface area contributed by atoms with Crippen LogP contribution in [-0.2, 0) is 4.74 Å². The molecule has 1 aromatic carbocycles. The zero-order valence-electron chi connectivity index (χ0n) is 17.7. The summed E-state index contributed by atoms with van der Waals surface area (Å²) in [6, 6.07) is 10.3. The summed E-state index contributed by atoms with van der Waals surface area (Å²) in [5.41, 5.74) is 1.98. The van der Waals surface area contributed by atoms with Gasteiger partial charge >= 0.3 is 0 Å². The molecule has 0 radical (unpaired) electrons. The standard InChI is InChI=1S/C23H26N6O3/c30-21-11-17(29-7-1-5-24-29)3-4-19(21)20-12-22-23(27-26-20)28(6-2-8-32-22)18-9-15-13-31-14-16(10-18)25-15/h1,3-5,7,11-12,15-16,18,25,30H,2,6,8-10,13-14H2/t15-,16-/m0/s1. The predicted octanol–water partition coefficient (Wildman–Crippen LogP) is 2.14. The molecule has 5 heterocycles. The van der Waals surface area contributed by atoms with E-state index in [0.29, 0.717) is 36.0 Å². The molecule has 2 bridgehead atoms. The highest BCUT2D eigenvalue weighted by Crippen LogP contribution is 2.37. The number of rotatable bonds is 3. The van der Waals surface area contributed by atoms with Crippen molar-refractivity contribution in [1.82, 2.24) is 25.3 Å².